The lowest BCUT2D eigenvalue weighted by Gasteiger charge is -2.26. The molecule has 0 aromatic heterocycles. The van der Waals surface area contributed by atoms with Crippen molar-refractivity contribution in [2.45, 2.75) is 26.7 Å². The molecule has 0 unspecified atom stereocenters. The van der Waals surface area contributed by atoms with E-state index in [4.69, 9.17) is 0 Å². The Hall–Kier alpha value is -1.14. The van der Waals surface area contributed by atoms with E-state index in [-0.39, 0.29) is 0 Å². The minimum Gasteiger partial charge on any atom is -0.348 e. The molecule has 6 nitrogen and oxygen atoms in total. The first-order valence-corrected chi connectivity index (χ1v) is 7.68. The summed E-state index contributed by atoms with van der Waals surface area (Å²) in [6, 6.07) is 0. The molecule has 2 N–H and O–H groups in total. The van der Waals surface area contributed by atoms with Gasteiger partial charge in [0, 0.05) is 26.2 Å². The van der Waals surface area contributed by atoms with Gasteiger partial charge in [0.05, 0.1) is 0 Å². The van der Waals surface area contributed by atoms with Crippen molar-refractivity contribution in [2.75, 3.05) is 52.4 Å². The van der Waals surface area contributed by atoms with Gasteiger partial charge in [0.1, 0.15) is 0 Å². The lowest BCUT2D eigenvalue weighted by molar-refractivity contribution is -0.139. The van der Waals surface area contributed by atoms with Crippen molar-refractivity contribution in [3.63, 3.8) is 0 Å². The van der Waals surface area contributed by atoms with Crippen LogP contribution in [0.1, 0.15) is 26.7 Å². The zero-order valence-corrected chi connectivity index (χ0v) is 12.8. The van der Waals surface area contributed by atoms with Crippen molar-refractivity contribution in [3.05, 3.63) is 0 Å². The van der Waals surface area contributed by atoms with E-state index < -0.39 is 11.8 Å². The van der Waals surface area contributed by atoms with Crippen LogP contribution in [0.2, 0.25) is 0 Å². The van der Waals surface area contributed by atoms with Crippen LogP contribution in [0.25, 0.3) is 0 Å². The Bertz CT molecular complexity index is 280. The van der Waals surface area contributed by atoms with Crippen LogP contribution in [0.15, 0.2) is 0 Å². The van der Waals surface area contributed by atoms with Crippen LogP contribution in [0.3, 0.4) is 0 Å². The van der Waals surface area contributed by atoms with Gasteiger partial charge in [-0.1, -0.05) is 13.8 Å². The standard InChI is InChI=1S/C14H28N4O2/c1-3-17-9-5-7-15-13(19)14(20)16-8-6-10-18(4-2)12-11-17/h3-12H2,1-2H3,(H,15,19)(H,16,20). The Morgan fingerprint density at radius 3 is 1.55 bits per heavy atom. The third-order valence-corrected chi connectivity index (χ3v) is 3.71. The number of carbonyl (C=O) groups excluding carboxylic acids is 2. The zero-order valence-electron chi connectivity index (χ0n) is 12.8. The van der Waals surface area contributed by atoms with Crippen molar-refractivity contribution in [1.82, 2.24) is 20.4 Å². The molecule has 20 heavy (non-hydrogen) atoms. The first-order valence-electron chi connectivity index (χ1n) is 7.68. The van der Waals surface area contributed by atoms with Crippen LogP contribution in [0.4, 0.5) is 0 Å². The van der Waals surface area contributed by atoms with E-state index in [9.17, 15) is 9.59 Å². The molecule has 1 rings (SSSR count). The van der Waals surface area contributed by atoms with Gasteiger partial charge in [-0.15, -0.1) is 0 Å². The summed E-state index contributed by atoms with van der Waals surface area (Å²) in [5, 5.41) is 5.33. The maximum Gasteiger partial charge on any atom is 0.309 e. The van der Waals surface area contributed by atoms with Gasteiger partial charge in [-0.25, -0.2) is 0 Å². The molecular weight excluding hydrogens is 256 g/mol. The van der Waals surface area contributed by atoms with E-state index in [1.54, 1.807) is 0 Å². The molecule has 1 aliphatic heterocycles. The molecule has 0 aliphatic carbocycles. The van der Waals surface area contributed by atoms with Gasteiger partial charge in [-0.05, 0) is 39.0 Å². The molecule has 0 radical (unpaired) electrons. The summed E-state index contributed by atoms with van der Waals surface area (Å²) in [6.45, 7) is 11.5. The SMILES string of the molecule is CCN1CCCNC(=O)C(=O)NCCCN(CC)CC1. The molecule has 1 fully saturated rings. The largest absolute Gasteiger partial charge is 0.348 e. The average molecular weight is 284 g/mol. The Morgan fingerprint density at radius 2 is 1.20 bits per heavy atom. The highest BCUT2D eigenvalue weighted by Crippen LogP contribution is 1.96. The second-order valence-corrected chi connectivity index (χ2v) is 5.09. The molecule has 0 spiro atoms. The number of likely N-dealkylation sites (N-methyl/N-ethyl adjacent to an activating group) is 2. The van der Waals surface area contributed by atoms with Gasteiger partial charge in [-0.3, -0.25) is 9.59 Å². The number of nitrogens with zero attached hydrogens (tertiary/aromatic N) is 2. The second kappa shape index (κ2) is 9.72. The van der Waals surface area contributed by atoms with Gasteiger partial charge >= 0.3 is 11.8 Å². The zero-order chi connectivity index (χ0) is 14.8. The van der Waals surface area contributed by atoms with Crippen LogP contribution < -0.4 is 10.6 Å². The van der Waals surface area contributed by atoms with Crippen LogP contribution >= 0.6 is 0 Å². The van der Waals surface area contributed by atoms with Gasteiger partial charge < -0.3 is 20.4 Å². The molecule has 116 valence electrons. The minimum atomic E-state index is -0.516. The monoisotopic (exact) mass is 284 g/mol. The molecule has 0 aromatic carbocycles. The van der Waals surface area contributed by atoms with Crippen molar-refractivity contribution in [3.8, 4) is 0 Å². The smallest absolute Gasteiger partial charge is 0.309 e. The highest BCUT2D eigenvalue weighted by Gasteiger charge is 2.13. The summed E-state index contributed by atoms with van der Waals surface area (Å²) in [5.74, 6) is -1.03. The predicted molar refractivity (Wildman–Crippen MR) is 79.5 cm³/mol. The third-order valence-electron chi connectivity index (χ3n) is 3.71. The molecule has 1 heterocycles. The fourth-order valence-electron chi connectivity index (χ4n) is 2.31. The van der Waals surface area contributed by atoms with Crippen LogP contribution in [0, 0.1) is 0 Å². The highest BCUT2D eigenvalue weighted by molar-refractivity contribution is 6.35. The fraction of sp³-hybridized carbons (Fsp3) is 0.857. The van der Waals surface area contributed by atoms with Crippen molar-refractivity contribution >= 4 is 11.8 Å². The Morgan fingerprint density at radius 1 is 0.800 bits per heavy atom. The predicted octanol–water partition coefficient (Wildman–Crippen LogP) is -0.344. The fourth-order valence-corrected chi connectivity index (χ4v) is 2.31. The van der Waals surface area contributed by atoms with E-state index in [1.807, 2.05) is 0 Å². The maximum atomic E-state index is 11.5. The Balaban J connectivity index is 2.51. The molecule has 0 aromatic rings. The molecule has 1 aliphatic rings. The van der Waals surface area contributed by atoms with E-state index in [0.29, 0.717) is 13.1 Å². The average Bonchev–Trinajstić information content (AvgIpc) is 2.46. The molecule has 2 amide bonds. The van der Waals surface area contributed by atoms with Crippen LogP contribution in [0.5, 0.6) is 0 Å². The van der Waals surface area contributed by atoms with Crippen LogP contribution in [-0.4, -0.2) is 74.0 Å². The lowest BCUT2D eigenvalue weighted by atomic mass is 10.3. The topological polar surface area (TPSA) is 64.7 Å². The molecule has 0 atom stereocenters. The first-order chi connectivity index (χ1) is 9.67. The number of hydrogen-bond donors (Lipinski definition) is 2. The van der Waals surface area contributed by atoms with E-state index in [1.165, 1.54) is 0 Å². The Kier molecular flexibility index (Phi) is 8.22. The van der Waals surface area contributed by atoms with Crippen molar-refractivity contribution in [2.24, 2.45) is 0 Å². The molecular formula is C14H28N4O2. The van der Waals surface area contributed by atoms with E-state index in [2.05, 4.69) is 34.3 Å². The summed E-state index contributed by atoms with van der Waals surface area (Å²) in [5.41, 5.74) is 0. The second-order valence-electron chi connectivity index (χ2n) is 5.09. The van der Waals surface area contributed by atoms with Gasteiger partial charge in [0.25, 0.3) is 0 Å². The van der Waals surface area contributed by atoms with Gasteiger partial charge in [-0.2, -0.15) is 0 Å². The van der Waals surface area contributed by atoms with Crippen molar-refractivity contribution in [1.29, 1.82) is 0 Å². The normalized spacial score (nSPS) is 21.9. The minimum absolute atomic E-state index is 0.516. The van der Waals surface area contributed by atoms with Gasteiger partial charge in [0.2, 0.25) is 0 Å². The number of carbonyl (C=O) groups is 2. The summed E-state index contributed by atoms with van der Waals surface area (Å²) in [6.07, 6.45) is 1.75. The third kappa shape index (κ3) is 6.34. The number of rotatable bonds is 2. The summed E-state index contributed by atoms with van der Waals surface area (Å²) < 4.78 is 0. The molecule has 0 saturated carbocycles. The molecule has 1 saturated heterocycles. The maximum absolute atomic E-state index is 11.5. The quantitative estimate of drug-likeness (QED) is 0.681. The highest BCUT2D eigenvalue weighted by atomic mass is 16.2. The lowest BCUT2D eigenvalue weighted by Crippen LogP contribution is -2.43. The first kappa shape index (κ1) is 16.9. The number of hydrogen-bond acceptors (Lipinski definition) is 4. The molecule has 0 bridgehead atoms. The number of nitrogens with one attached hydrogen (secondary N) is 2. The van der Waals surface area contributed by atoms with E-state index >= 15 is 0 Å². The summed E-state index contributed by atoms with van der Waals surface area (Å²) in [7, 11) is 0. The van der Waals surface area contributed by atoms with Crippen LogP contribution in [-0.2, 0) is 9.59 Å². The Labute approximate surface area is 121 Å². The molecule has 6 heteroatoms. The summed E-state index contributed by atoms with van der Waals surface area (Å²) >= 11 is 0. The van der Waals surface area contributed by atoms with Crippen molar-refractivity contribution < 1.29 is 9.59 Å². The summed E-state index contributed by atoms with van der Waals surface area (Å²) in [4.78, 5) is 27.8. The number of amides is 2. The van der Waals surface area contributed by atoms with Gasteiger partial charge in [0.15, 0.2) is 0 Å². The van der Waals surface area contributed by atoms with E-state index in [0.717, 1.165) is 52.1 Å².